The van der Waals surface area contributed by atoms with E-state index in [2.05, 4.69) is 325 Å². The number of hydrogen-bond donors (Lipinski definition) is 0. The third-order valence-electron chi connectivity index (χ3n) is 16.0. The van der Waals surface area contributed by atoms with Crippen LogP contribution in [-0.4, -0.2) is 9.13 Å². The SMILES string of the molecule is C(=Cc1cccc(-c2ccc3c(-c4cccc(-n5c6ccccc6c6ccccc65)c4)c4cc(-c5cccc(C=Cc6ccccc6)c5)ccc4c(-c4cccc(-n5c6ccccc6c6ccccc65)c4)c3c2)c1)c1ccccc1. The van der Waals surface area contributed by atoms with Crippen molar-refractivity contribution in [2.75, 3.05) is 0 Å². The predicted octanol–water partition coefficient (Wildman–Crippen LogP) is 21.2. The van der Waals surface area contributed by atoms with E-state index in [-0.39, 0.29) is 0 Å². The second kappa shape index (κ2) is 19.8. The van der Waals surface area contributed by atoms with Gasteiger partial charge in [0.2, 0.25) is 0 Å². The quantitative estimate of drug-likeness (QED) is 0.0954. The van der Waals surface area contributed by atoms with E-state index in [0.717, 1.165) is 44.8 Å². The summed E-state index contributed by atoms with van der Waals surface area (Å²) < 4.78 is 4.87. The second-order valence-electron chi connectivity index (χ2n) is 20.8. The van der Waals surface area contributed by atoms with Gasteiger partial charge in [-0.05, 0) is 161 Å². The molecule has 15 rings (SSSR count). The Hall–Kier alpha value is -10.5. The Morgan fingerprint density at radius 1 is 0.188 bits per heavy atom. The molecule has 2 aromatic heterocycles. The van der Waals surface area contributed by atoms with Crippen molar-refractivity contribution in [3.8, 4) is 55.9 Å². The number of aromatic nitrogens is 2. The van der Waals surface area contributed by atoms with Crippen LogP contribution in [-0.2, 0) is 0 Å². The van der Waals surface area contributed by atoms with Gasteiger partial charge in [0, 0.05) is 32.9 Å². The Morgan fingerprint density at radius 2 is 0.500 bits per heavy atom. The smallest absolute Gasteiger partial charge is 0.0541 e. The molecule has 0 aliphatic heterocycles. The van der Waals surface area contributed by atoms with Crippen molar-refractivity contribution in [3.05, 3.63) is 313 Å². The van der Waals surface area contributed by atoms with E-state index in [1.54, 1.807) is 0 Å². The topological polar surface area (TPSA) is 9.86 Å². The summed E-state index contributed by atoms with van der Waals surface area (Å²) in [6, 6.07) is 107. The fourth-order valence-electron chi connectivity index (χ4n) is 12.4. The average Bonchev–Trinajstić information content (AvgIpc) is 4.21. The monoisotopic (exact) mass is 1020 g/mol. The van der Waals surface area contributed by atoms with Gasteiger partial charge in [-0.2, -0.15) is 0 Å². The molecule has 0 radical (unpaired) electrons. The standard InChI is InChI=1S/C78H52N2/c1-3-19-53(20-4-1)39-41-55-23-15-25-57(47-55)59-43-45-69-71(51-59)77(61-27-17-29-63(49-61)79-73-35-11-7-31-65(73)66-32-8-12-36-74(66)79)70-46-44-60(58-26-16-24-56(48-58)42-40-54-21-5-2-6-22-54)52-72(70)78(69)62-28-18-30-64(50-62)80-75-37-13-9-33-67(75)68-34-10-14-38-76(68)80/h1-52H. The molecule has 0 saturated heterocycles. The lowest BCUT2D eigenvalue weighted by Gasteiger charge is -2.21. The van der Waals surface area contributed by atoms with E-state index in [4.69, 9.17) is 0 Å². The summed E-state index contributed by atoms with van der Waals surface area (Å²) in [5.74, 6) is 0. The maximum absolute atomic E-state index is 2.45. The zero-order valence-electron chi connectivity index (χ0n) is 43.9. The largest absolute Gasteiger partial charge is 0.309 e. The molecule has 80 heavy (non-hydrogen) atoms. The molecule has 15 aromatic rings. The van der Waals surface area contributed by atoms with Crippen LogP contribution in [0.1, 0.15) is 22.3 Å². The fraction of sp³-hybridized carbons (Fsp3) is 0. The molecule has 0 spiro atoms. The molecule has 374 valence electrons. The Balaban J connectivity index is 0.997. The molecule has 2 heterocycles. The minimum atomic E-state index is 1.12. The highest BCUT2D eigenvalue weighted by Gasteiger charge is 2.22. The Labute approximate surface area is 465 Å². The fourth-order valence-corrected chi connectivity index (χ4v) is 12.4. The van der Waals surface area contributed by atoms with Crippen molar-refractivity contribution < 1.29 is 0 Å². The van der Waals surface area contributed by atoms with Crippen molar-refractivity contribution in [2.24, 2.45) is 0 Å². The minimum Gasteiger partial charge on any atom is -0.309 e. The maximum atomic E-state index is 2.45. The van der Waals surface area contributed by atoms with Gasteiger partial charge < -0.3 is 9.13 Å². The van der Waals surface area contributed by atoms with Gasteiger partial charge in [-0.25, -0.2) is 0 Å². The number of hydrogen-bond acceptors (Lipinski definition) is 0. The number of nitrogens with zero attached hydrogens (tertiary/aromatic N) is 2. The summed E-state index contributed by atoms with van der Waals surface area (Å²) in [5.41, 5.74) is 21.0. The van der Waals surface area contributed by atoms with Crippen molar-refractivity contribution in [3.63, 3.8) is 0 Å². The summed E-state index contributed by atoms with van der Waals surface area (Å²) in [6.45, 7) is 0. The summed E-state index contributed by atoms with van der Waals surface area (Å²) in [4.78, 5) is 0. The first-order valence-electron chi connectivity index (χ1n) is 27.6. The molecule has 0 saturated carbocycles. The van der Waals surface area contributed by atoms with Crippen LogP contribution in [0.4, 0.5) is 0 Å². The van der Waals surface area contributed by atoms with E-state index in [1.165, 1.54) is 98.5 Å². The normalized spacial score (nSPS) is 11.9. The molecule has 0 atom stereocenters. The maximum Gasteiger partial charge on any atom is 0.0541 e. The summed E-state index contributed by atoms with van der Waals surface area (Å²) in [5, 5.41) is 9.74. The lowest BCUT2D eigenvalue weighted by molar-refractivity contribution is 1.18. The van der Waals surface area contributed by atoms with E-state index >= 15 is 0 Å². The molecule has 0 aliphatic carbocycles. The Kier molecular flexibility index (Phi) is 11.6. The molecule has 0 amide bonds. The zero-order chi connectivity index (χ0) is 52.9. The van der Waals surface area contributed by atoms with Crippen LogP contribution >= 0.6 is 0 Å². The van der Waals surface area contributed by atoms with Crippen LogP contribution in [0.5, 0.6) is 0 Å². The molecule has 13 aromatic carbocycles. The Bertz CT molecular complexity index is 4510. The first kappa shape index (κ1) is 46.7. The van der Waals surface area contributed by atoms with Crippen LogP contribution in [0.25, 0.3) is 145 Å². The first-order valence-corrected chi connectivity index (χ1v) is 27.6. The molecule has 0 fully saturated rings. The minimum absolute atomic E-state index is 1.12. The van der Waals surface area contributed by atoms with E-state index in [9.17, 15) is 0 Å². The van der Waals surface area contributed by atoms with E-state index < -0.39 is 0 Å². The molecule has 2 nitrogen and oxygen atoms in total. The van der Waals surface area contributed by atoms with E-state index in [0.29, 0.717) is 0 Å². The van der Waals surface area contributed by atoms with Gasteiger partial charge in [-0.1, -0.05) is 243 Å². The van der Waals surface area contributed by atoms with Crippen LogP contribution < -0.4 is 0 Å². The zero-order valence-corrected chi connectivity index (χ0v) is 43.9. The summed E-state index contributed by atoms with van der Waals surface area (Å²) >= 11 is 0. The number of fused-ring (bicyclic) bond motifs is 8. The lowest BCUT2D eigenvalue weighted by Crippen LogP contribution is -1.97. The molecular weight excluding hydrogens is 965 g/mol. The third kappa shape index (κ3) is 8.30. The highest BCUT2D eigenvalue weighted by atomic mass is 15.0. The number of para-hydroxylation sites is 4. The lowest BCUT2D eigenvalue weighted by atomic mass is 9.83. The molecule has 0 N–H and O–H groups in total. The van der Waals surface area contributed by atoms with Gasteiger partial charge >= 0.3 is 0 Å². The van der Waals surface area contributed by atoms with E-state index in [1.807, 2.05) is 0 Å². The van der Waals surface area contributed by atoms with Gasteiger partial charge in [0.25, 0.3) is 0 Å². The van der Waals surface area contributed by atoms with Crippen molar-refractivity contribution in [1.29, 1.82) is 0 Å². The van der Waals surface area contributed by atoms with Crippen LogP contribution in [0.3, 0.4) is 0 Å². The van der Waals surface area contributed by atoms with Crippen molar-refractivity contribution in [1.82, 2.24) is 9.13 Å². The molecular formula is C78H52N2. The predicted molar refractivity (Wildman–Crippen MR) is 343 cm³/mol. The van der Waals surface area contributed by atoms with Crippen molar-refractivity contribution >= 4 is 89.5 Å². The van der Waals surface area contributed by atoms with Crippen LogP contribution in [0.15, 0.2) is 291 Å². The van der Waals surface area contributed by atoms with Gasteiger partial charge in [-0.15, -0.1) is 0 Å². The molecule has 0 aliphatic rings. The summed E-state index contributed by atoms with van der Waals surface area (Å²) in [6.07, 6.45) is 8.82. The number of rotatable bonds is 10. The molecule has 0 bridgehead atoms. The molecule has 0 unspecified atom stereocenters. The second-order valence-corrected chi connectivity index (χ2v) is 20.8. The van der Waals surface area contributed by atoms with Crippen molar-refractivity contribution in [2.45, 2.75) is 0 Å². The number of benzene rings is 13. The average molecular weight is 1020 g/mol. The highest BCUT2D eigenvalue weighted by Crippen LogP contribution is 2.47. The van der Waals surface area contributed by atoms with Gasteiger partial charge in [0.05, 0.1) is 22.1 Å². The highest BCUT2D eigenvalue weighted by molar-refractivity contribution is 6.23. The van der Waals surface area contributed by atoms with Crippen LogP contribution in [0, 0.1) is 0 Å². The van der Waals surface area contributed by atoms with Crippen LogP contribution in [0.2, 0.25) is 0 Å². The van der Waals surface area contributed by atoms with Gasteiger partial charge in [-0.3, -0.25) is 0 Å². The summed E-state index contributed by atoms with van der Waals surface area (Å²) in [7, 11) is 0. The van der Waals surface area contributed by atoms with Gasteiger partial charge in [0.15, 0.2) is 0 Å². The van der Waals surface area contributed by atoms with Gasteiger partial charge in [0.1, 0.15) is 0 Å². The third-order valence-corrected chi connectivity index (χ3v) is 16.0. The Morgan fingerprint density at radius 3 is 0.900 bits per heavy atom. The molecule has 2 heteroatoms. The first-order chi connectivity index (χ1) is 39.7.